The zero-order valence-corrected chi connectivity index (χ0v) is 16.8. The summed E-state index contributed by atoms with van der Waals surface area (Å²) in [5.74, 6) is 0.464. The van der Waals surface area contributed by atoms with Crippen LogP contribution in [-0.4, -0.2) is 53.0 Å². The highest BCUT2D eigenvalue weighted by Gasteiger charge is 2.20. The third-order valence-electron chi connectivity index (χ3n) is 5.03. The van der Waals surface area contributed by atoms with E-state index in [9.17, 15) is 9.90 Å². The van der Waals surface area contributed by atoms with Crippen LogP contribution in [0, 0.1) is 0 Å². The number of piperidine rings is 1. The molecule has 0 aliphatic carbocycles. The predicted molar refractivity (Wildman–Crippen MR) is 112 cm³/mol. The van der Waals surface area contributed by atoms with Crippen molar-refractivity contribution in [3.8, 4) is 5.75 Å². The lowest BCUT2D eigenvalue weighted by molar-refractivity contribution is -0.121. The third kappa shape index (κ3) is 6.04. The van der Waals surface area contributed by atoms with E-state index in [4.69, 9.17) is 0 Å². The Hall–Kier alpha value is -1.92. The first-order valence-electron chi connectivity index (χ1n) is 9.76. The van der Waals surface area contributed by atoms with Crippen LogP contribution in [0.4, 0.5) is 0 Å². The van der Waals surface area contributed by atoms with Crippen molar-refractivity contribution in [2.75, 3.05) is 26.2 Å². The molecule has 1 fully saturated rings. The van der Waals surface area contributed by atoms with Gasteiger partial charge in [-0.25, -0.2) is 0 Å². The average Bonchev–Trinajstić information content (AvgIpc) is 2.69. The number of amides is 1. The van der Waals surface area contributed by atoms with E-state index < -0.39 is 0 Å². The van der Waals surface area contributed by atoms with Gasteiger partial charge < -0.3 is 20.2 Å². The van der Waals surface area contributed by atoms with Crippen molar-refractivity contribution in [1.29, 1.82) is 0 Å². The minimum Gasteiger partial charge on any atom is -0.508 e. The normalized spacial score (nSPS) is 18.4. The van der Waals surface area contributed by atoms with Crippen LogP contribution in [0.3, 0.4) is 0 Å². The first kappa shape index (κ1) is 19.8. The van der Waals surface area contributed by atoms with Crippen molar-refractivity contribution in [3.63, 3.8) is 0 Å². The molecule has 1 aromatic rings. The molecule has 2 N–H and O–H groups in total. The van der Waals surface area contributed by atoms with Crippen LogP contribution in [0.15, 0.2) is 42.1 Å². The van der Waals surface area contributed by atoms with Gasteiger partial charge in [-0.05, 0) is 48.9 Å². The molecule has 6 heteroatoms. The van der Waals surface area contributed by atoms with Crippen LogP contribution >= 0.6 is 11.8 Å². The smallest absolute Gasteiger partial charge is 0.219 e. The third-order valence-corrected chi connectivity index (χ3v) is 5.88. The van der Waals surface area contributed by atoms with Crippen LogP contribution in [0.25, 0.3) is 4.91 Å². The quantitative estimate of drug-likeness (QED) is 0.749. The van der Waals surface area contributed by atoms with E-state index in [1.165, 1.54) is 0 Å². The van der Waals surface area contributed by atoms with E-state index in [1.54, 1.807) is 23.9 Å². The van der Waals surface area contributed by atoms with E-state index in [1.807, 2.05) is 19.1 Å². The lowest BCUT2D eigenvalue weighted by atomic mass is 10.0. The Morgan fingerprint density at radius 1 is 1.30 bits per heavy atom. The molecule has 0 saturated carbocycles. The maximum Gasteiger partial charge on any atom is 0.219 e. The minimum absolute atomic E-state index is 0.164. The summed E-state index contributed by atoms with van der Waals surface area (Å²) >= 11 is 1.68. The molecule has 0 radical (unpaired) electrons. The molecule has 1 amide bonds. The van der Waals surface area contributed by atoms with Gasteiger partial charge >= 0.3 is 0 Å². The lowest BCUT2D eigenvalue weighted by Crippen LogP contribution is -2.44. The first-order chi connectivity index (χ1) is 13.1. The second kappa shape index (κ2) is 9.85. The highest BCUT2D eigenvalue weighted by molar-refractivity contribution is 8.10. The molecule has 0 aromatic heterocycles. The van der Waals surface area contributed by atoms with Gasteiger partial charge in [0.2, 0.25) is 5.91 Å². The largest absolute Gasteiger partial charge is 0.508 e. The number of nitrogens with one attached hydrogen (secondary N) is 1. The molecule has 27 heavy (non-hydrogen) atoms. The van der Waals surface area contributed by atoms with Crippen LogP contribution in [0.5, 0.6) is 5.75 Å². The maximum atomic E-state index is 11.5. The fourth-order valence-corrected chi connectivity index (χ4v) is 4.28. The summed E-state index contributed by atoms with van der Waals surface area (Å²) in [5.41, 5.74) is 1.05. The van der Waals surface area contributed by atoms with Crippen molar-refractivity contribution < 1.29 is 9.90 Å². The van der Waals surface area contributed by atoms with Gasteiger partial charge in [0.25, 0.3) is 0 Å². The fraction of sp³-hybridized carbons (Fsp3) is 0.476. The number of nitrogens with zero attached hydrogens (tertiary/aromatic N) is 2. The number of carbonyl (C=O) groups excluding carboxylic acids is 1. The number of hydrogen-bond acceptors (Lipinski definition) is 5. The molecule has 0 spiro atoms. The summed E-state index contributed by atoms with van der Waals surface area (Å²) in [4.78, 5) is 17.4. The molecule has 2 aliphatic heterocycles. The first-order valence-corrected chi connectivity index (χ1v) is 10.6. The molecule has 0 unspecified atom stereocenters. The average molecular weight is 388 g/mol. The van der Waals surface area contributed by atoms with Crippen molar-refractivity contribution in [3.05, 3.63) is 47.6 Å². The monoisotopic (exact) mass is 387 g/mol. The summed E-state index contributed by atoms with van der Waals surface area (Å²) in [6.07, 6.45) is 8.04. The van der Waals surface area contributed by atoms with Crippen LogP contribution in [0.1, 0.15) is 38.2 Å². The number of carbonyl (C=O) groups is 1. The number of benzene rings is 1. The lowest BCUT2D eigenvalue weighted by Gasteiger charge is -2.32. The Labute approximate surface area is 166 Å². The SMILES string of the molecule is CCC(=O)NC1CCN(CCCN2C=CSC(c3cccc(O)c3)=C2)CC1. The molecular weight excluding hydrogens is 358 g/mol. The molecule has 0 atom stereocenters. The summed E-state index contributed by atoms with van der Waals surface area (Å²) in [6, 6.07) is 7.75. The van der Waals surface area contributed by atoms with Gasteiger partial charge in [0.05, 0.1) is 0 Å². The number of hydrogen-bond donors (Lipinski definition) is 2. The molecule has 146 valence electrons. The fourth-order valence-electron chi connectivity index (χ4n) is 3.45. The number of likely N-dealkylation sites (tertiary alicyclic amines) is 1. The van der Waals surface area contributed by atoms with Gasteiger partial charge in [0.1, 0.15) is 5.75 Å². The topological polar surface area (TPSA) is 55.8 Å². The van der Waals surface area contributed by atoms with Crippen LogP contribution in [-0.2, 0) is 4.79 Å². The molecular formula is C21H29N3O2S. The van der Waals surface area contributed by atoms with Gasteiger partial charge in [-0.15, -0.1) is 0 Å². The molecule has 5 nitrogen and oxygen atoms in total. The molecule has 2 aliphatic rings. The van der Waals surface area contributed by atoms with Gasteiger partial charge in [-0.2, -0.15) is 0 Å². The Morgan fingerprint density at radius 2 is 2.11 bits per heavy atom. The second-order valence-corrected chi connectivity index (χ2v) is 8.02. The number of aromatic hydroxyl groups is 1. The van der Waals surface area contributed by atoms with E-state index in [0.29, 0.717) is 18.2 Å². The van der Waals surface area contributed by atoms with Crippen LogP contribution in [0.2, 0.25) is 0 Å². The zero-order chi connectivity index (χ0) is 19.1. The Bertz CT molecular complexity index is 696. The summed E-state index contributed by atoms with van der Waals surface area (Å²) in [7, 11) is 0. The highest BCUT2D eigenvalue weighted by atomic mass is 32.2. The van der Waals surface area contributed by atoms with Gasteiger partial charge in [0.15, 0.2) is 0 Å². The summed E-state index contributed by atoms with van der Waals surface area (Å²) in [6.45, 7) is 6.08. The van der Waals surface area contributed by atoms with Crippen molar-refractivity contribution in [2.24, 2.45) is 0 Å². The Kier molecular flexibility index (Phi) is 7.24. The van der Waals surface area contributed by atoms with Gasteiger partial charge in [0, 0.05) is 49.4 Å². The van der Waals surface area contributed by atoms with Gasteiger partial charge in [-0.1, -0.05) is 30.8 Å². The van der Waals surface area contributed by atoms with Crippen molar-refractivity contribution >= 4 is 22.6 Å². The standard InChI is InChI=1S/C21H29N3O2S/c1-2-21(26)22-18-7-11-23(12-8-18)9-4-10-24-13-14-27-20(16-24)17-5-3-6-19(25)15-17/h3,5-6,13-16,18,25H,2,4,7-12H2,1H3,(H,22,26). The number of phenolic OH excluding ortho intramolecular Hbond substituents is 1. The highest BCUT2D eigenvalue weighted by Crippen LogP contribution is 2.33. The zero-order valence-electron chi connectivity index (χ0n) is 15.9. The minimum atomic E-state index is 0.164. The van der Waals surface area contributed by atoms with E-state index in [-0.39, 0.29) is 5.91 Å². The molecule has 0 bridgehead atoms. The van der Waals surface area contributed by atoms with E-state index in [2.05, 4.69) is 32.9 Å². The Morgan fingerprint density at radius 3 is 2.85 bits per heavy atom. The number of rotatable bonds is 7. The van der Waals surface area contributed by atoms with Crippen LogP contribution < -0.4 is 5.32 Å². The molecule has 1 aromatic carbocycles. The molecule has 3 rings (SSSR count). The van der Waals surface area contributed by atoms with E-state index in [0.717, 1.165) is 55.9 Å². The maximum absolute atomic E-state index is 11.5. The Balaban J connectivity index is 1.41. The predicted octanol–water partition coefficient (Wildman–Crippen LogP) is 3.59. The molecule has 2 heterocycles. The number of thioether (sulfide) groups is 1. The van der Waals surface area contributed by atoms with E-state index >= 15 is 0 Å². The van der Waals surface area contributed by atoms with Crippen molar-refractivity contribution in [2.45, 2.75) is 38.6 Å². The van der Waals surface area contributed by atoms with Crippen molar-refractivity contribution in [1.82, 2.24) is 15.1 Å². The number of phenols is 1. The summed E-state index contributed by atoms with van der Waals surface area (Å²) in [5, 5.41) is 14.9. The summed E-state index contributed by atoms with van der Waals surface area (Å²) < 4.78 is 0. The van der Waals surface area contributed by atoms with Gasteiger partial charge in [-0.3, -0.25) is 4.79 Å². The molecule has 1 saturated heterocycles. The second-order valence-electron chi connectivity index (χ2n) is 7.08.